The number of carbonyl (C=O) groups excluding carboxylic acids is 2. The molecule has 1 atom stereocenters. The molecule has 3 aromatic rings. The molecule has 0 radical (unpaired) electrons. The fraction of sp³-hybridized carbons (Fsp3) is 0.167. The SMILES string of the molecule is O=C(CC1SC(=Nc2ccccc2)N(CCc2ccccn2)C1=O)Nc1ccc(F)cc1. The van der Waals surface area contributed by atoms with E-state index in [1.807, 2.05) is 48.5 Å². The van der Waals surface area contributed by atoms with Crippen LogP contribution in [0.2, 0.25) is 0 Å². The first-order valence-corrected chi connectivity index (χ1v) is 11.0. The molecular formula is C24H21FN4O2S. The predicted octanol–water partition coefficient (Wildman–Crippen LogP) is 4.42. The molecule has 8 heteroatoms. The summed E-state index contributed by atoms with van der Waals surface area (Å²) in [6.45, 7) is 0.421. The van der Waals surface area contributed by atoms with E-state index in [0.29, 0.717) is 23.8 Å². The Morgan fingerprint density at radius 2 is 1.81 bits per heavy atom. The van der Waals surface area contributed by atoms with Gasteiger partial charge in [0.05, 0.1) is 5.69 Å². The lowest BCUT2D eigenvalue weighted by Gasteiger charge is -2.16. The van der Waals surface area contributed by atoms with Crippen LogP contribution >= 0.6 is 11.8 Å². The lowest BCUT2D eigenvalue weighted by Crippen LogP contribution is -2.35. The number of nitrogens with zero attached hydrogens (tertiary/aromatic N) is 3. The molecule has 2 aromatic carbocycles. The van der Waals surface area contributed by atoms with Gasteiger partial charge in [0.15, 0.2) is 5.17 Å². The van der Waals surface area contributed by atoms with Crippen molar-refractivity contribution in [2.75, 3.05) is 11.9 Å². The number of amides is 2. The Morgan fingerprint density at radius 1 is 1.06 bits per heavy atom. The Bertz CT molecular complexity index is 1110. The zero-order valence-corrected chi connectivity index (χ0v) is 18.0. The first kappa shape index (κ1) is 21.7. The molecule has 1 aliphatic rings. The number of aromatic nitrogens is 1. The van der Waals surface area contributed by atoms with Crippen molar-refractivity contribution in [3.63, 3.8) is 0 Å². The Hall–Kier alpha value is -3.52. The number of para-hydroxylation sites is 1. The van der Waals surface area contributed by atoms with Gasteiger partial charge in [0.2, 0.25) is 11.8 Å². The number of thioether (sulfide) groups is 1. The van der Waals surface area contributed by atoms with Gasteiger partial charge in [0.1, 0.15) is 11.1 Å². The Morgan fingerprint density at radius 3 is 2.53 bits per heavy atom. The minimum atomic E-state index is -0.582. The minimum absolute atomic E-state index is 0.00519. The number of hydrogen-bond donors (Lipinski definition) is 1. The maximum Gasteiger partial charge on any atom is 0.242 e. The number of rotatable bonds is 7. The topological polar surface area (TPSA) is 74.7 Å². The molecule has 0 saturated carbocycles. The minimum Gasteiger partial charge on any atom is -0.326 e. The van der Waals surface area contributed by atoms with E-state index in [1.54, 1.807) is 11.1 Å². The monoisotopic (exact) mass is 448 g/mol. The number of amidine groups is 1. The molecule has 6 nitrogen and oxygen atoms in total. The molecule has 1 unspecified atom stereocenters. The van der Waals surface area contributed by atoms with Gasteiger partial charge < -0.3 is 5.32 Å². The van der Waals surface area contributed by atoms with Crippen molar-refractivity contribution >= 4 is 40.1 Å². The number of benzene rings is 2. The first-order chi connectivity index (χ1) is 15.6. The summed E-state index contributed by atoms with van der Waals surface area (Å²) in [6, 6.07) is 20.6. The van der Waals surface area contributed by atoms with Gasteiger partial charge in [-0.1, -0.05) is 36.0 Å². The van der Waals surface area contributed by atoms with Crippen molar-refractivity contribution in [1.29, 1.82) is 0 Å². The molecule has 1 saturated heterocycles. The third kappa shape index (κ3) is 5.59. The predicted molar refractivity (Wildman–Crippen MR) is 124 cm³/mol. The summed E-state index contributed by atoms with van der Waals surface area (Å²) < 4.78 is 13.1. The maximum absolute atomic E-state index is 13.1. The molecule has 1 N–H and O–H groups in total. The average Bonchev–Trinajstić information content (AvgIpc) is 3.09. The molecule has 0 spiro atoms. The molecule has 0 bridgehead atoms. The van der Waals surface area contributed by atoms with Crippen LogP contribution in [-0.4, -0.2) is 38.7 Å². The fourth-order valence-electron chi connectivity index (χ4n) is 3.23. The lowest BCUT2D eigenvalue weighted by molar-refractivity contribution is -0.128. The Labute approximate surface area is 189 Å². The van der Waals surface area contributed by atoms with Crippen LogP contribution in [0.15, 0.2) is 84.0 Å². The first-order valence-electron chi connectivity index (χ1n) is 10.2. The third-order valence-corrected chi connectivity index (χ3v) is 5.99. The van der Waals surface area contributed by atoms with Crippen LogP contribution in [0.25, 0.3) is 0 Å². The van der Waals surface area contributed by atoms with Crippen LogP contribution in [0, 0.1) is 5.82 Å². The molecule has 2 heterocycles. The van der Waals surface area contributed by atoms with E-state index in [-0.39, 0.29) is 24.1 Å². The zero-order chi connectivity index (χ0) is 22.3. The number of nitrogens with one attached hydrogen (secondary N) is 1. The maximum atomic E-state index is 13.1. The molecule has 1 aromatic heterocycles. The van der Waals surface area contributed by atoms with E-state index in [9.17, 15) is 14.0 Å². The molecule has 32 heavy (non-hydrogen) atoms. The summed E-state index contributed by atoms with van der Waals surface area (Å²) in [5.41, 5.74) is 2.10. The fourth-order valence-corrected chi connectivity index (χ4v) is 4.41. The zero-order valence-electron chi connectivity index (χ0n) is 17.1. The number of halogens is 1. The Kier molecular flexibility index (Phi) is 6.91. The number of aliphatic imine (C=N–C) groups is 1. The quantitative estimate of drug-likeness (QED) is 0.581. The largest absolute Gasteiger partial charge is 0.326 e. The summed E-state index contributed by atoms with van der Waals surface area (Å²) >= 11 is 1.28. The van der Waals surface area contributed by atoms with Gasteiger partial charge in [-0.25, -0.2) is 9.38 Å². The highest BCUT2D eigenvalue weighted by molar-refractivity contribution is 8.15. The second kappa shape index (κ2) is 10.2. The van der Waals surface area contributed by atoms with Crippen molar-refractivity contribution in [3.8, 4) is 0 Å². The number of anilines is 1. The van der Waals surface area contributed by atoms with Gasteiger partial charge >= 0.3 is 0 Å². The van der Waals surface area contributed by atoms with Crippen LogP contribution in [-0.2, 0) is 16.0 Å². The smallest absolute Gasteiger partial charge is 0.242 e. The summed E-state index contributed by atoms with van der Waals surface area (Å²) in [5.74, 6) is -0.849. The van der Waals surface area contributed by atoms with E-state index >= 15 is 0 Å². The van der Waals surface area contributed by atoms with Crippen molar-refractivity contribution < 1.29 is 14.0 Å². The van der Waals surface area contributed by atoms with Gasteiger partial charge in [-0.05, 0) is 48.5 Å². The van der Waals surface area contributed by atoms with E-state index in [4.69, 9.17) is 0 Å². The summed E-state index contributed by atoms with van der Waals surface area (Å²) in [6.07, 6.45) is 2.29. The summed E-state index contributed by atoms with van der Waals surface area (Å²) in [4.78, 5) is 36.2. The normalized spacial score (nSPS) is 17.0. The highest BCUT2D eigenvalue weighted by atomic mass is 32.2. The Balaban J connectivity index is 1.48. The number of pyridine rings is 1. The van der Waals surface area contributed by atoms with Gasteiger partial charge in [-0.2, -0.15) is 0 Å². The van der Waals surface area contributed by atoms with E-state index < -0.39 is 5.25 Å². The summed E-state index contributed by atoms with van der Waals surface area (Å²) in [7, 11) is 0. The third-order valence-electron chi connectivity index (χ3n) is 4.82. The second-order valence-corrected chi connectivity index (χ2v) is 8.33. The van der Waals surface area contributed by atoms with E-state index in [2.05, 4.69) is 15.3 Å². The van der Waals surface area contributed by atoms with Crippen LogP contribution in [0.4, 0.5) is 15.8 Å². The molecule has 2 amide bonds. The van der Waals surface area contributed by atoms with Crippen LogP contribution in [0.1, 0.15) is 12.1 Å². The van der Waals surface area contributed by atoms with Gasteiger partial charge in [0.25, 0.3) is 0 Å². The van der Waals surface area contributed by atoms with E-state index in [1.165, 1.54) is 36.0 Å². The van der Waals surface area contributed by atoms with Crippen molar-refractivity contribution in [2.24, 2.45) is 4.99 Å². The molecule has 162 valence electrons. The lowest BCUT2D eigenvalue weighted by atomic mass is 10.2. The molecular weight excluding hydrogens is 427 g/mol. The van der Waals surface area contributed by atoms with Gasteiger partial charge in [0, 0.05) is 37.0 Å². The van der Waals surface area contributed by atoms with Crippen LogP contribution in [0.5, 0.6) is 0 Å². The van der Waals surface area contributed by atoms with E-state index in [0.717, 1.165) is 11.4 Å². The second-order valence-electron chi connectivity index (χ2n) is 7.16. The molecule has 0 aliphatic carbocycles. The van der Waals surface area contributed by atoms with Gasteiger partial charge in [-0.3, -0.25) is 19.5 Å². The summed E-state index contributed by atoms with van der Waals surface area (Å²) in [5, 5.41) is 2.70. The molecule has 1 aliphatic heterocycles. The highest BCUT2D eigenvalue weighted by Gasteiger charge is 2.39. The highest BCUT2D eigenvalue weighted by Crippen LogP contribution is 2.32. The number of hydrogen-bond acceptors (Lipinski definition) is 5. The average molecular weight is 449 g/mol. The van der Waals surface area contributed by atoms with Crippen LogP contribution in [0.3, 0.4) is 0 Å². The molecule has 1 fully saturated rings. The number of carbonyl (C=O) groups is 2. The van der Waals surface area contributed by atoms with Crippen molar-refractivity contribution in [1.82, 2.24) is 9.88 Å². The van der Waals surface area contributed by atoms with Crippen molar-refractivity contribution in [2.45, 2.75) is 18.1 Å². The molecule has 4 rings (SSSR count). The standard InChI is InChI=1S/C24H21FN4O2S/c25-17-9-11-20(12-10-17)27-22(30)16-21-23(31)29(15-13-18-6-4-5-14-26-18)24(32-21)28-19-7-2-1-3-8-19/h1-12,14,21H,13,15-16H2,(H,27,30). The van der Waals surface area contributed by atoms with Crippen molar-refractivity contribution in [3.05, 3.63) is 90.5 Å². The van der Waals surface area contributed by atoms with Gasteiger partial charge in [-0.15, -0.1) is 0 Å². The van der Waals surface area contributed by atoms with Crippen LogP contribution < -0.4 is 5.32 Å².